The van der Waals surface area contributed by atoms with Crippen molar-refractivity contribution in [2.75, 3.05) is 11.9 Å². The van der Waals surface area contributed by atoms with Gasteiger partial charge in [-0.3, -0.25) is 4.79 Å². The van der Waals surface area contributed by atoms with Crippen molar-refractivity contribution in [3.05, 3.63) is 47.9 Å². The summed E-state index contributed by atoms with van der Waals surface area (Å²) in [4.78, 5) is 11.7. The summed E-state index contributed by atoms with van der Waals surface area (Å²) in [6, 6.07) is 8.58. The Bertz CT molecular complexity index is 592. The fraction of sp³-hybridized carbons (Fsp3) is 0.143. The number of amides is 1. The topological polar surface area (TPSA) is 75.4 Å². The summed E-state index contributed by atoms with van der Waals surface area (Å²) in [7, 11) is 0. The molecular weight excluding hydrogens is 244 g/mol. The molecule has 2 aromatic rings. The molecule has 1 aromatic heterocycles. The number of nitrogens with one attached hydrogen (secondary N) is 1. The Hall–Kier alpha value is -2.58. The highest BCUT2D eigenvalue weighted by Gasteiger charge is 2.08. The molecule has 2 rings (SSSR count). The van der Waals surface area contributed by atoms with E-state index >= 15 is 0 Å². The van der Waals surface area contributed by atoms with Gasteiger partial charge in [-0.1, -0.05) is 17.0 Å². The normalized spacial score (nSPS) is 9.53. The summed E-state index contributed by atoms with van der Waals surface area (Å²) < 4.78 is 4.60. The highest BCUT2D eigenvalue weighted by atomic mass is 16.5. The summed E-state index contributed by atoms with van der Waals surface area (Å²) in [5, 5.41) is 14.9. The smallest absolute Gasteiger partial charge is 0.277 e. The molecule has 0 bridgehead atoms. The van der Waals surface area contributed by atoms with Crippen LogP contribution in [0.2, 0.25) is 0 Å². The maximum Gasteiger partial charge on any atom is 0.277 e. The predicted molar refractivity (Wildman–Crippen MR) is 69.5 cm³/mol. The van der Waals surface area contributed by atoms with E-state index in [1.807, 2.05) is 0 Å². The van der Waals surface area contributed by atoms with Crippen LogP contribution in [-0.4, -0.2) is 22.8 Å². The number of carbonyl (C=O) groups excluding carboxylic acids is 1. The molecule has 0 aliphatic carbocycles. The van der Waals surface area contributed by atoms with E-state index in [0.29, 0.717) is 12.1 Å². The van der Waals surface area contributed by atoms with Crippen LogP contribution in [0.25, 0.3) is 0 Å². The first-order valence-corrected chi connectivity index (χ1v) is 5.71. The van der Waals surface area contributed by atoms with Crippen molar-refractivity contribution in [1.29, 1.82) is 0 Å². The number of benzene rings is 1. The summed E-state index contributed by atoms with van der Waals surface area (Å²) in [6.45, 7) is 0.0544. The highest BCUT2D eigenvalue weighted by molar-refractivity contribution is 6.02. The van der Waals surface area contributed by atoms with Crippen LogP contribution in [-0.2, 0) is 0 Å². The molecule has 19 heavy (non-hydrogen) atoms. The molecule has 5 heteroatoms. The van der Waals surface area contributed by atoms with Gasteiger partial charge in [0.05, 0.1) is 6.61 Å². The minimum Gasteiger partial charge on any atom is -0.395 e. The van der Waals surface area contributed by atoms with Crippen LogP contribution < -0.4 is 5.32 Å². The fourth-order valence-electron chi connectivity index (χ4n) is 1.38. The number of hydrogen-bond donors (Lipinski definition) is 2. The summed E-state index contributed by atoms with van der Waals surface area (Å²) in [6.07, 6.45) is 1.79. The molecule has 0 aliphatic rings. The molecule has 0 saturated carbocycles. The van der Waals surface area contributed by atoms with Gasteiger partial charge >= 0.3 is 0 Å². The number of hydrogen-bond acceptors (Lipinski definition) is 4. The molecule has 0 spiro atoms. The van der Waals surface area contributed by atoms with Crippen molar-refractivity contribution in [3.63, 3.8) is 0 Å². The Morgan fingerprint density at radius 3 is 2.74 bits per heavy atom. The molecule has 0 radical (unpaired) electrons. The van der Waals surface area contributed by atoms with Crippen molar-refractivity contribution >= 4 is 11.6 Å². The van der Waals surface area contributed by atoms with Crippen LogP contribution in [0.1, 0.15) is 22.5 Å². The van der Waals surface area contributed by atoms with Gasteiger partial charge in [-0.2, -0.15) is 0 Å². The number of aromatic nitrogens is 1. The van der Waals surface area contributed by atoms with Crippen LogP contribution in [0.4, 0.5) is 5.69 Å². The Morgan fingerprint density at radius 1 is 1.32 bits per heavy atom. The van der Waals surface area contributed by atoms with E-state index in [2.05, 4.69) is 26.8 Å². The van der Waals surface area contributed by atoms with Gasteiger partial charge in [0.2, 0.25) is 0 Å². The van der Waals surface area contributed by atoms with Gasteiger partial charge in [0.15, 0.2) is 5.69 Å². The number of aliphatic hydroxyl groups excluding tert-OH is 1. The predicted octanol–water partition coefficient (Wildman–Crippen LogP) is 1.66. The molecule has 1 amide bonds. The molecule has 0 fully saturated rings. The molecule has 96 valence electrons. The Labute approximate surface area is 110 Å². The maximum atomic E-state index is 11.7. The third kappa shape index (κ3) is 3.69. The monoisotopic (exact) mass is 256 g/mol. The summed E-state index contributed by atoms with van der Waals surface area (Å²) >= 11 is 0. The molecule has 2 N–H and O–H groups in total. The Morgan fingerprint density at radius 2 is 2.11 bits per heavy atom. The third-order valence-electron chi connectivity index (χ3n) is 2.28. The minimum atomic E-state index is -0.326. The van der Waals surface area contributed by atoms with Crippen LogP contribution >= 0.6 is 0 Å². The molecule has 1 aromatic carbocycles. The van der Waals surface area contributed by atoms with Gasteiger partial charge in [0.25, 0.3) is 5.91 Å². The Balaban J connectivity index is 1.99. The van der Waals surface area contributed by atoms with E-state index in [1.165, 1.54) is 12.3 Å². The zero-order chi connectivity index (χ0) is 13.5. The van der Waals surface area contributed by atoms with Crippen LogP contribution in [0.3, 0.4) is 0 Å². The molecule has 0 saturated heterocycles. The summed E-state index contributed by atoms with van der Waals surface area (Å²) in [5.41, 5.74) is 1.71. The molecule has 1 heterocycles. The largest absolute Gasteiger partial charge is 0.395 e. The van der Waals surface area contributed by atoms with Crippen molar-refractivity contribution < 1.29 is 14.4 Å². The number of rotatable bonds is 3. The van der Waals surface area contributed by atoms with Crippen LogP contribution in [0.15, 0.2) is 41.1 Å². The fourth-order valence-corrected chi connectivity index (χ4v) is 1.38. The number of aliphatic hydroxyl groups is 1. The van der Waals surface area contributed by atoms with Crippen LogP contribution in [0, 0.1) is 11.8 Å². The molecule has 0 unspecified atom stereocenters. The molecule has 0 aliphatic heterocycles. The van der Waals surface area contributed by atoms with Crippen molar-refractivity contribution in [2.24, 2.45) is 0 Å². The van der Waals surface area contributed by atoms with Gasteiger partial charge in [-0.25, -0.2) is 0 Å². The van der Waals surface area contributed by atoms with Crippen molar-refractivity contribution in [3.8, 4) is 11.8 Å². The summed E-state index contributed by atoms with van der Waals surface area (Å²) in [5.74, 6) is 5.40. The van der Waals surface area contributed by atoms with Gasteiger partial charge in [-0.05, 0) is 24.3 Å². The Kier molecular flexibility index (Phi) is 4.32. The van der Waals surface area contributed by atoms with Crippen molar-refractivity contribution in [1.82, 2.24) is 5.16 Å². The maximum absolute atomic E-state index is 11.7. The van der Waals surface area contributed by atoms with E-state index in [0.717, 1.165) is 5.56 Å². The van der Waals surface area contributed by atoms with Gasteiger partial charge < -0.3 is 14.9 Å². The SMILES string of the molecule is O=C(Nc1ccc(C#CCCO)cc1)c1ccon1. The van der Waals surface area contributed by atoms with Crippen LogP contribution in [0.5, 0.6) is 0 Å². The second-order valence-electron chi connectivity index (χ2n) is 3.69. The van der Waals surface area contributed by atoms with Gasteiger partial charge in [0, 0.05) is 23.7 Å². The number of anilines is 1. The lowest BCUT2D eigenvalue weighted by Crippen LogP contribution is -2.11. The van der Waals surface area contributed by atoms with E-state index < -0.39 is 0 Å². The van der Waals surface area contributed by atoms with E-state index in [-0.39, 0.29) is 18.2 Å². The number of carbonyl (C=O) groups is 1. The first-order chi connectivity index (χ1) is 9.29. The average Bonchev–Trinajstić information content (AvgIpc) is 2.95. The molecular formula is C14H12N2O3. The van der Waals surface area contributed by atoms with Crippen molar-refractivity contribution in [2.45, 2.75) is 6.42 Å². The first kappa shape index (κ1) is 12.9. The minimum absolute atomic E-state index is 0.0544. The van der Waals surface area contributed by atoms with E-state index in [1.54, 1.807) is 24.3 Å². The average molecular weight is 256 g/mol. The molecule has 5 nitrogen and oxygen atoms in total. The lowest BCUT2D eigenvalue weighted by Gasteiger charge is -2.02. The molecule has 0 atom stereocenters. The van der Waals surface area contributed by atoms with Gasteiger partial charge in [-0.15, -0.1) is 0 Å². The third-order valence-corrected chi connectivity index (χ3v) is 2.28. The van der Waals surface area contributed by atoms with E-state index in [4.69, 9.17) is 5.11 Å². The lowest BCUT2D eigenvalue weighted by atomic mass is 10.2. The zero-order valence-corrected chi connectivity index (χ0v) is 10.1. The highest BCUT2D eigenvalue weighted by Crippen LogP contribution is 2.10. The van der Waals surface area contributed by atoms with E-state index in [9.17, 15) is 4.79 Å². The first-order valence-electron chi connectivity index (χ1n) is 5.71. The zero-order valence-electron chi connectivity index (χ0n) is 10.1. The lowest BCUT2D eigenvalue weighted by molar-refractivity contribution is 0.101. The standard InChI is InChI=1S/C14H12N2O3/c17-9-2-1-3-11-4-6-12(7-5-11)15-14(18)13-8-10-19-16-13/h4-8,10,17H,2,9H2,(H,15,18). The number of nitrogens with zero attached hydrogens (tertiary/aromatic N) is 1. The second-order valence-corrected chi connectivity index (χ2v) is 3.69. The quantitative estimate of drug-likeness (QED) is 0.819. The second kappa shape index (κ2) is 6.38. The van der Waals surface area contributed by atoms with Gasteiger partial charge in [0.1, 0.15) is 6.26 Å².